The van der Waals surface area contributed by atoms with E-state index in [0.29, 0.717) is 5.92 Å². The van der Waals surface area contributed by atoms with Crippen LogP contribution in [0.1, 0.15) is 100 Å². The number of nitrogens with one attached hydrogen (secondary N) is 1. The summed E-state index contributed by atoms with van der Waals surface area (Å²) >= 11 is 1.66. The Morgan fingerprint density at radius 2 is 2.08 bits per heavy atom. The van der Waals surface area contributed by atoms with Crippen LogP contribution in [0.15, 0.2) is 41.4 Å². The van der Waals surface area contributed by atoms with E-state index in [0.717, 1.165) is 71.3 Å². The fraction of sp³-hybridized carbons (Fsp3) is 0.531. The Balaban J connectivity index is 1.61. The van der Waals surface area contributed by atoms with E-state index >= 15 is 0 Å². The summed E-state index contributed by atoms with van der Waals surface area (Å²) in [6.07, 6.45) is 15.9. The predicted molar refractivity (Wildman–Crippen MR) is 160 cm³/mol. The quantitative estimate of drug-likeness (QED) is 0.225. The molecule has 5 nitrogen and oxygen atoms in total. The van der Waals surface area contributed by atoms with Gasteiger partial charge in [-0.05, 0) is 76.0 Å². The van der Waals surface area contributed by atoms with Crippen molar-refractivity contribution in [2.75, 3.05) is 6.54 Å². The summed E-state index contributed by atoms with van der Waals surface area (Å²) in [7, 11) is 0. The molecule has 4 rings (SSSR count). The lowest BCUT2D eigenvalue weighted by molar-refractivity contribution is 0.0945. The van der Waals surface area contributed by atoms with Crippen LogP contribution in [-0.2, 0) is 13.0 Å². The van der Waals surface area contributed by atoms with Crippen LogP contribution in [0.5, 0.6) is 0 Å². The standard InChI is InChI=1S/C32H44N4OS/c1-5-8-12-24(6-2)21-34-31(37)28-20-30(36(23(28)4)18-16-25-13-10-9-11-14-25)29-22-38-32(35-29)26-15-17-33-27(7-3)19-26/h13,15,17,19-20,22,24H,5-12,14,16,18,21H2,1-4H3,(H,34,37). The van der Waals surface area contributed by atoms with Crippen LogP contribution < -0.4 is 5.32 Å². The summed E-state index contributed by atoms with van der Waals surface area (Å²) < 4.78 is 2.32. The minimum Gasteiger partial charge on any atom is -0.352 e. The second-order valence-corrected chi connectivity index (χ2v) is 11.5. The van der Waals surface area contributed by atoms with Crippen LogP contribution in [-0.4, -0.2) is 27.0 Å². The first-order valence-electron chi connectivity index (χ1n) is 14.6. The minimum absolute atomic E-state index is 0.0338. The highest BCUT2D eigenvalue weighted by molar-refractivity contribution is 7.13. The Bertz CT molecular complexity index is 1240. The number of nitrogens with zero attached hydrogens (tertiary/aromatic N) is 3. The van der Waals surface area contributed by atoms with Crippen LogP contribution in [0, 0.1) is 12.8 Å². The summed E-state index contributed by atoms with van der Waals surface area (Å²) in [5, 5.41) is 6.37. The molecule has 1 amide bonds. The van der Waals surface area contributed by atoms with E-state index in [9.17, 15) is 4.79 Å². The molecule has 0 saturated carbocycles. The van der Waals surface area contributed by atoms with Crippen LogP contribution in [0.3, 0.4) is 0 Å². The summed E-state index contributed by atoms with van der Waals surface area (Å²) in [5.41, 5.74) is 7.50. The van der Waals surface area contributed by atoms with E-state index in [2.05, 4.69) is 66.2 Å². The largest absolute Gasteiger partial charge is 0.352 e. The summed E-state index contributed by atoms with van der Waals surface area (Å²) in [6.45, 7) is 10.3. The van der Waals surface area contributed by atoms with Gasteiger partial charge in [0, 0.05) is 41.6 Å². The molecule has 0 bridgehead atoms. The second-order valence-electron chi connectivity index (χ2n) is 10.6. The van der Waals surface area contributed by atoms with Gasteiger partial charge >= 0.3 is 0 Å². The number of unbranched alkanes of at least 4 members (excludes halogenated alkanes) is 1. The molecular weight excluding hydrogens is 488 g/mol. The van der Waals surface area contributed by atoms with Gasteiger partial charge in [-0.3, -0.25) is 9.78 Å². The van der Waals surface area contributed by atoms with Crippen molar-refractivity contribution in [3.8, 4) is 22.0 Å². The number of rotatable bonds is 13. The Morgan fingerprint density at radius 3 is 2.82 bits per heavy atom. The van der Waals surface area contributed by atoms with Gasteiger partial charge in [-0.15, -0.1) is 11.3 Å². The molecule has 1 unspecified atom stereocenters. The molecule has 3 aromatic heterocycles. The van der Waals surface area contributed by atoms with Crippen LogP contribution in [0.4, 0.5) is 0 Å². The monoisotopic (exact) mass is 532 g/mol. The van der Waals surface area contributed by atoms with Crippen LogP contribution in [0.2, 0.25) is 0 Å². The normalized spacial score (nSPS) is 14.4. The number of thiazole rings is 1. The van der Waals surface area contributed by atoms with E-state index in [1.54, 1.807) is 16.9 Å². The van der Waals surface area contributed by atoms with Gasteiger partial charge in [-0.25, -0.2) is 4.98 Å². The van der Waals surface area contributed by atoms with Crippen molar-refractivity contribution in [2.45, 2.75) is 98.4 Å². The average molecular weight is 533 g/mol. The summed E-state index contributed by atoms with van der Waals surface area (Å²) in [6, 6.07) is 6.23. The first-order valence-corrected chi connectivity index (χ1v) is 15.5. The van der Waals surface area contributed by atoms with Gasteiger partial charge in [0.15, 0.2) is 0 Å². The van der Waals surface area contributed by atoms with Crippen molar-refractivity contribution in [2.24, 2.45) is 5.92 Å². The number of hydrogen-bond acceptors (Lipinski definition) is 4. The Hall–Kier alpha value is -2.73. The zero-order valence-electron chi connectivity index (χ0n) is 23.7. The first kappa shape index (κ1) is 28.3. The number of hydrogen-bond donors (Lipinski definition) is 1. The lowest BCUT2D eigenvalue weighted by Crippen LogP contribution is -2.29. The van der Waals surface area contributed by atoms with E-state index in [1.807, 2.05) is 12.3 Å². The maximum atomic E-state index is 13.4. The molecule has 3 aromatic rings. The van der Waals surface area contributed by atoms with Crippen LogP contribution in [0.25, 0.3) is 22.0 Å². The number of carbonyl (C=O) groups excluding carboxylic acids is 1. The van der Waals surface area contributed by atoms with Crippen molar-refractivity contribution in [3.05, 3.63) is 58.4 Å². The number of amides is 1. The maximum absolute atomic E-state index is 13.4. The van der Waals surface area contributed by atoms with Gasteiger partial charge in [-0.1, -0.05) is 51.7 Å². The van der Waals surface area contributed by atoms with E-state index in [1.165, 1.54) is 44.9 Å². The number of carbonyl (C=O) groups is 1. The Kier molecular flexibility index (Phi) is 10.3. The summed E-state index contributed by atoms with van der Waals surface area (Å²) in [4.78, 5) is 22.9. The molecule has 1 atom stereocenters. The molecule has 0 saturated heterocycles. The number of aryl methyl sites for hydroxylation is 1. The van der Waals surface area contributed by atoms with Gasteiger partial charge in [0.25, 0.3) is 5.91 Å². The summed E-state index contributed by atoms with van der Waals surface area (Å²) in [5.74, 6) is 0.569. The van der Waals surface area contributed by atoms with Gasteiger partial charge < -0.3 is 9.88 Å². The topological polar surface area (TPSA) is 59.8 Å². The number of aromatic nitrogens is 3. The molecule has 6 heteroatoms. The molecule has 0 aliphatic heterocycles. The van der Waals surface area contributed by atoms with E-state index in [4.69, 9.17) is 4.98 Å². The molecule has 38 heavy (non-hydrogen) atoms. The zero-order valence-corrected chi connectivity index (χ0v) is 24.5. The van der Waals surface area contributed by atoms with E-state index in [-0.39, 0.29) is 5.91 Å². The third-order valence-electron chi connectivity index (χ3n) is 7.94. The molecule has 0 fully saturated rings. The minimum atomic E-state index is 0.0338. The molecule has 204 valence electrons. The zero-order chi connectivity index (χ0) is 26.9. The third kappa shape index (κ3) is 7.02. The van der Waals surface area contributed by atoms with Crippen molar-refractivity contribution < 1.29 is 4.79 Å². The van der Waals surface area contributed by atoms with Gasteiger partial charge in [0.1, 0.15) is 5.01 Å². The van der Waals surface area contributed by atoms with Crippen molar-refractivity contribution in [1.29, 1.82) is 0 Å². The lowest BCUT2D eigenvalue weighted by Gasteiger charge is -2.16. The van der Waals surface area contributed by atoms with Crippen molar-refractivity contribution >= 4 is 17.2 Å². The molecular formula is C32H44N4OS. The SMILES string of the molecule is CCCCC(CC)CNC(=O)c1cc(-c2csc(-c3ccnc(CC)c3)n2)n(CCC2=CCCCC2)c1C. The fourth-order valence-corrected chi connectivity index (χ4v) is 6.18. The smallest absolute Gasteiger partial charge is 0.253 e. The Morgan fingerprint density at radius 1 is 1.21 bits per heavy atom. The maximum Gasteiger partial charge on any atom is 0.253 e. The predicted octanol–water partition coefficient (Wildman–Crippen LogP) is 8.38. The van der Waals surface area contributed by atoms with Crippen molar-refractivity contribution in [3.63, 3.8) is 0 Å². The number of pyridine rings is 1. The average Bonchev–Trinajstić information content (AvgIpc) is 3.57. The van der Waals surface area contributed by atoms with Crippen LogP contribution >= 0.6 is 11.3 Å². The molecule has 1 aliphatic carbocycles. The molecule has 0 spiro atoms. The Labute approximate surface area is 232 Å². The van der Waals surface area contributed by atoms with Gasteiger partial charge in [0.2, 0.25) is 0 Å². The first-order chi connectivity index (χ1) is 18.5. The van der Waals surface area contributed by atoms with E-state index < -0.39 is 0 Å². The highest BCUT2D eigenvalue weighted by Crippen LogP contribution is 2.33. The molecule has 0 radical (unpaired) electrons. The second kappa shape index (κ2) is 13.9. The molecule has 3 heterocycles. The van der Waals surface area contributed by atoms with Gasteiger partial charge in [-0.2, -0.15) is 0 Å². The molecule has 0 aromatic carbocycles. The molecule has 1 aliphatic rings. The van der Waals surface area contributed by atoms with Crippen molar-refractivity contribution in [1.82, 2.24) is 19.9 Å². The third-order valence-corrected chi connectivity index (χ3v) is 8.83. The molecule has 1 N–H and O–H groups in total. The lowest BCUT2D eigenvalue weighted by atomic mass is 9.97. The number of allylic oxidation sites excluding steroid dienone is 2. The fourth-order valence-electron chi connectivity index (χ4n) is 5.37. The highest BCUT2D eigenvalue weighted by atomic mass is 32.1. The highest BCUT2D eigenvalue weighted by Gasteiger charge is 2.21. The van der Waals surface area contributed by atoms with Gasteiger partial charge in [0.05, 0.1) is 17.0 Å².